The highest BCUT2D eigenvalue weighted by atomic mass is 32.2. The first-order chi connectivity index (χ1) is 16.4. The molecule has 170 valence electrons. The van der Waals surface area contributed by atoms with Crippen LogP contribution in [0, 0.1) is 0 Å². The predicted molar refractivity (Wildman–Crippen MR) is 141 cm³/mol. The second kappa shape index (κ2) is 8.61. The maximum Gasteiger partial charge on any atom is 0.124 e. The van der Waals surface area contributed by atoms with Gasteiger partial charge in [-0.25, -0.2) is 4.21 Å². The predicted octanol–water partition coefficient (Wildman–Crippen LogP) is 5.95. The smallest absolute Gasteiger partial charge is 0.124 e. The van der Waals surface area contributed by atoms with Crippen LogP contribution in [0.1, 0.15) is 0 Å². The van der Waals surface area contributed by atoms with E-state index in [1.54, 1.807) is 25.4 Å². The average Bonchev–Trinajstić information content (AvgIpc) is 2.83. The first kappa shape index (κ1) is 21.6. The zero-order chi connectivity index (χ0) is 23.7. The van der Waals surface area contributed by atoms with Crippen molar-refractivity contribution in [2.75, 3.05) is 17.1 Å². The van der Waals surface area contributed by atoms with Gasteiger partial charge in [-0.2, -0.15) is 0 Å². The first-order valence-electron chi connectivity index (χ1n) is 10.6. The minimum Gasteiger partial charge on any atom is -0.508 e. The van der Waals surface area contributed by atoms with Crippen molar-refractivity contribution in [2.24, 2.45) is 0 Å². The lowest BCUT2D eigenvalue weighted by atomic mass is 10.1. The van der Waals surface area contributed by atoms with Gasteiger partial charge >= 0.3 is 0 Å². The molecule has 0 radical (unpaired) electrons. The highest BCUT2D eigenvalue weighted by molar-refractivity contribution is 8.01. The Kier molecular flexibility index (Phi) is 5.47. The summed E-state index contributed by atoms with van der Waals surface area (Å²) in [7, 11) is -1.29. The van der Waals surface area contributed by atoms with Gasteiger partial charge in [0.25, 0.3) is 0 Å². The second-order valence-corrected chi connectivity index (χ2v) is 9.88. The number of pyridine rings is 1. The molecule has 7 heteroatoms. The van der Waals surface area contributed by atoms with Crippen molar-refractivity contribution < 1.29 is 14.1 Å². The van der Waals surface area contributed by atoms with Gasteiger partial charge in [-0.15, -0.1) is 0 Å². The molecule has 1 aromatic heterocycles. The maximum atomic E-state index is 13.7. The number of rotatable bonds is 6. The summed E-state index contributed by atoms with van der Waals surface area (Å²) in [6.07, 6.45) is 1.71. The van der Waals surface area contributed by atoms with Gasteiger partial charge in [0.2, 0.25) is 0 Å². The molecule has 1 atom stereocenters. The molecule has 0 saturated heterocycles. The lowest BCUT2D eigenvalue weighted by Gasteiger charge is -2.16. The third kappa shape index (κ3) is 4.21. The van der Waals surface area contributed by atoms with E-state index in [0.717, 1.165) is 27.4 Å². The molecule has 4 aromatic carbocycles. The summed E-state index contributed by atoms with van der Waals surface area (Å²) in [4.78, 5) is 5.10. The molecule has 0 amide bonds. The zero-order valence-electron chi connectivity index (χ0n) is 18.5. The normalized spacial score (nSPS) is 12.9. The van der Waals surface area contributed by atoms with Crippen LogP contribution in [0.2, 0.25) is 0 Å². The number of hydrogen-bond acceptors (Lipinski definition) is 5. The molecular weight excluding hydrogens is 446 g/mol. The molecular formula is C27H23N3O3S. The summed E-state index contributed by atoms with van der Waals surface area (Å²) >= 11 is 0. The molecule has 3 N–H and O–H groups in total. The van der Waals surface area contributed by atoms with Crippen molar-refractivity contribution in [3.8, 4) is 11.5 Å². The lowest BCUT2D eigenvalue weighted by molar-refractivity contribution is 0.408. The van der Waals surface area contributed by atoms with Gasteiger partial charge in [0.1, 0.15) is 11.5 Å². The Morgan fingerprint density at radius 3 is 2.59 bits per heavy atom. The van der Waals surface area contributed by atoms with E-state index in [9.17, 15) is 9.32 Å². The van der Waals surface area contributed by atoms with Crippen LogP contribution >= 0.6 is 0 Å². The average molecular weight is 470 g/mol. The van der Waals surface area contributed by atoms with Crippen molar-refractivity contribution in [3.05, 3.63) is 91.1 Å². The van der Waals surface area contributed by atoms with E-state index in [-0.39, 0.29) is 5.75 Å². The number of ether oxygens (including phenoxy) is 1. The van der Waals surface area contributed by atoms with Crippen LogP contribution in [-0.4, -0.2) is 27.3 Å². The van der Waals surface area contributed by atoms with E-state index in [0.29, 0.717) is 22.0 Å². The number of phenolic OH excluding ortho intramolecular Hbond substituents is 1. The van der Waals surface area contributed by atoms with E-state index in [1.165, 1.54) is 6.07 Å². The number of hydrogen-bond donors (Lipinski definition) is 3. The van der Waals surface area contributed by atoms with Gasteiger partial charge < -0.3 is 19.9 Å². The summed E-state index contributed by atoms with van der Waals surface area (Å²) in [5, 5.41) is 16.0. The van der Waals surface area contributed by atoms with Gasteiger partial charge in [0.15, 0.2) is 0 Å². The molecule has 5 aromatic rings. The van der Waals surface area contributed by atoms with Gasteiger partial charge in [0.05, 0.1) is 27.2 Å². The number of phenols is 1. The number of aromatic hydroxyl groups is 1. The molecule has 0 aliphatic heterocycles. The molecule has 6 nitrogen and oxygen atoms in total. The Labute approximate surface area is 198 Å². The van der Waals surface area contributed by atoms with Crippen molar-refractivity contribution in [1.82, 2.24) is 4.98 Å². The van der Waals surface area contributed by atoms with Crippen molar-refractivity contribution in [2.45, 2.75) is 4.90 Å². The van der Waals surface area contributed by atoms with Crippen LogP contribution in [0.3, 0.4) is 0 Å². The van der Waals surface area contributed by atoms with Gasteiger partial charge in [-0.3, -0.25) is 4.98 Å². The Balaban J connectivity index is 1.52. The molecule has 0 bridgehead atoms. The van der Waals surface area contributed by atoms with Crippen molar-refractivity contribution in [3.63, 3.8) is 0 Å². The van der Waals surface area contributed by atoms with Crippen LogP contribution in [0.25, 0.3) is 21.7 Å². The zero-order valence-corrected chi connectivity index (χ0v) is 19.3. The third-order valence-electron chi connectivity index (χ3n) is 5.54. The first-order valence-corrected chi connectivity index (χ1v) is 12.3. The lowest BCUT2D eigenvalue weighted by Crippen LogP contribution is -2.13. The monoisotopic (exact) mass is 469 g/mol. The van der Waals surface area contributed by atoms with Crippen LogP contribution < -0.4 is 14.8 Å². The van der Waals surface area contributed by atoms with E-state index < -0.39 is 9.71 Å². The highest BCUT2D eigenvalue weighted by Crippen LogP contribution is 2.32. The Morgan fingerprint density at radius 1 is 0.912 bits per heavy atom. The maximum absolute atomic E-state index is 13.7. The molecule has 34 heavy (non-hydrogen) atoms. The van der Waals surface area contributed by atoms with Gasteiger partial charge in [0, 0.05) is 46.8 Å². The molecule has 0 spiro atoms. The second-order valence-electron chi connectivity index (χ2n) is 7.89. The van der Waals surface area contributed by atoms with Crippen LogP contribution in [0.4, 0.5) is 17.1 Å². The fourth-order valence-corrected chi connectivity index (χ4v) is 5.43. The minimum absolute atomic E-state index is 0.0921. The summed E-state index contributed by atoms with van der Waals surface area (Å²) in [5.41, 5.74) is 2.87. The SMILES string of the molecule is C=S(=O)(Nc1ccc2nccc(Nc3cc(O)cc(OC)c3)c2c1)c1cccc2ccccc12. The number of benzene rings is 4. The fraction of sp³-hybridized carbons (Fsp3) is 0.0370. The Hall–Kier alpha value is -4.23. The Morgan fingerprint density at radius 2 is 1.74 bits per heavy atom. The number of nitrogens with zero attached hydrogens (tertiary/aromatic N) is 1. The number of nitrogens with one attached hydrogen (secondary N) is 2. The largest absolute Gasteiger partial charge is 0.508 e. The summed E-state index contributed by atoms with van der Waals surface area (Å²) < 4.78 is 22.1. The fourth-order valence-electron chi connectivity index (χ4n) is 3.98. The molecule has 0 saturated carbocycles. The number of fused-ring (bicyclic) bond motifs is 2. The van der Waals surface area contributed by atoms with Crippen molar-refractivity contribution in [1.29, 1.82) is 0 Å². The third-order valence-corrected chi connectivity index (χ3v) is 7.17. The highest BCUT2D eigenvalue weighted by Gasteiger charge is 2.13. The van der Waals surface area contributed by atoms with Gasteiger partial charge in [-0.1, -0.05) is 36.4 Å². The topological polar surface area (TPSA) is 83.5 Å². The van der Waals surface area contributed by atoms with Crippen LogP contribution in [-0.2, 0) is 9.71 Å². The molecule has 0 fully saturated rings. The quantitative estimate of drug-likeness (QED) is 0.268. The van der Waals surface area contributed by atoms with E-state index in [2.05, 4.69) is 20.9 Å². The number of aromatic nitrogens is 1. The molecule has 1 heterocycles. The molecule has 0 aliphatic rings. The van der Waals surface area contributed by atoms with E-state index in [1.807, 2.05) is 66.7 Å². The summed E-state index contributed by atoms with van der Waals surface area (Å²) in [6, 6.07) is 25.9. The van der Waals surface area contributed by atoms with E-state index in [4.69, 9.17) is 4.74 Å². The number of methoxy groups -OCH3 is 1. The van der Waals surface area contributed by atoms with Gasteiger partial charge in [-0.05, 0) is 47.0 Å². The van der Waals surface area contributed by atoms with E-state index >= 15 is 0 Å². The summed E-state index contributed by atoms with van der Waals surface area (Å²) in [6.45, 7) is 0. The molecule has 0 aliphatic carbocycles. The Bertz CT molecular complexity index is 1630. The summed E-state index contributed by atoms with van der Waals surface area (Å²) in [5.74, 6) is 4.66. The standard InChI is InChI=1S/C27H23N3O3S/c1-33-22-15-20(14-21(31)17-22)29-26-12-13-28-25-11-10-19(16-24(25)26)30-34(2,32)27-9-5-7-18-6-3-4-8-23(18)27/h3-17,31H,2H2,1H3,(H,28,29)(H,30,32). The van der Waals surface area contributed by atoms with Crippen LogP contribution in [0.5, 0.6) is 11.5 Å². The molecule has 1 unspecified atom stereocenters. The number of anilines is 3. The molecule has 5 rings (SSSR count). The van der Waals surface area contributed by atoms with Crippen LogP contribution in [0.15, 0.2) is 96.0 Å². The minimum atomic E-state index is -2.84. The van der Waals surface area contributed by atoms with Crippen molar-refractivity contribution >= 4 is 54.3 Å².